The zero-order valence-electron chi connectivity index (χ0n) is 15.2. The van der Waals surface area contributed by atoms with Gasteiger partial charge in [-0.1, -0.05) is 30.3 Å². The smallest absolute Gasteiger partial charge is 0.242 e. The van der Waals surface area contributed by atoms with E-state index in [1.165, 1.54) is 43.0 Å². The molecule has 0 spiro atoms. The van der Waals surface area contributed by atoms with Crippen molar-refractivity contribution < 1.29 is 14.0 Å². The van der Waals surface area contributed by atoms with Crippen LogP contribution in [0, 0.1) is 5.82 Å². The average molecular weight is 394 g/mol. The molecule has 0 aliphatic heterocycles. The molecule has 0 saturated heterocycles. The summed E-state index contributed by atoms with van der Waals surface area (Å²) in [6, 6.07) is 22.4. The topological polar surface area (TPSA) is 58.2 Å². The Morgan fingerprint density at radius 1 is 0.821 bits per heavy atom. The normalized spacial score (nSPS) is 11.5. The van der Waals surface area contributed by atoms with Gasteiger partial charge in [0.15, 0.2) is 0 Å². The highest BCUT2D eigenvalue weighted by molar-refractivity contribution is 8.00. The van der Waals surface area contributed by atoms with Gasteiger partial charge in [0.05, 0.1) is 0 Å². The maximum absolute atomic E-state index is 13.1. The second-order valence-corrected chi connectivity index (χ2v) is 7.29. The van der Waals surface area contributed by atoms with Gasteiger partial charge in [-0.25, -0.2) is 4.39 Å². The standard InChI is InChI=1S/C22H19FN2O2S/c1-15(26)24-18-11-13-20(14-12-18)28-21(16-5-3-2-4-6-16)22(27)25-19-9-7-17(23)8-10-19/h2-14,21H,1H3,(H,24,26)(H,25,27). The van der Waals surface area contributed by atoms with Crippen LogP contribution in [0.25, 0.3) is 0 Å². The van der Waals surface area contributed by atoms with Crippen molar-refractivity contribution in [2.24, 2.45) is 0 Å². The third-order valence-corrected chi connectivity index (χ3v) is 5.15. The van der Waals surface area contributed by atoms with Gasteiger partial charge in [-0.15, -0.1) is 11.8 Å². The molecule has 3 aromatic carbocycles. The summed E-state index contributed by atoms with van der Waals surface area (Å²) in [6.45, 7) is 1.45. The van der Waals surface area contributed by atoms with E-state index in [-0.39, 0.29) is 17.6 Å². The minimum atomic E-state index is -0.488. The summed E-state index contributed by atoms with van der Waals surface area (Å²) in [4.78, 5) is 25.0. The molecule has 28 heavy (non-hydrogen) atoms. The number of anilines is 2. The van der Waals surface area contributed by atoms with Crippen LogP contribution >= 0.6 is 11.8 Å². The van der Waals surface area contributed by atoms with Gasteiger partial charge < -0.3 is 10.6 Å². The first-order valence-electron chi connectivity index (χ1n) is 8.67. The van der Waals surface area contributed by atoms with E-state index in [1.807, 2.05) is 42.5 Å². The first-order valence-corrected chi connectivity index (χ1v) is 9.55. The fourth-order valence-corrected chi connectivity index (χ4v) is 3.62. The minimum absolute atomic E-state index is 0.138. The molecule has 1 atom stereocenters. The number of hydrogen-bond acceptors (Lipinski definition) is 3. The molecule has 0 bridgehead atoms. The summed E-state index contributed by atoms with van der Waals surface area (Å²) < 4.78 is 13.1. The summed E-state index contributed by atoms with van der Waals surface area (Å²) >= 11 is 1.40. The Morgan fingerprint density at radius 2 is 1.39 bits per heavy atom. The van der Waals surface area contributed by atoms with E-state index in [4.69, 9.17) is 0 Å². The summed E-state index contributed by atoms with van der Waals surface area (Å²) in [5.74, 6) is -0.693. The van der Waals surface area contributed by atoms with Gasteiger partial charge >= 0.3 is 0 Å². The van der Waals surface area contributed by atoms with Crippen molar-refractivity contribution in [2.45, 2.75) is 17.1 Å². The SMILES string of the molecule is CC(=O)Nc1ccc(SC(C(=O)Nc2ccc(F)cc2)c2ccccc2)cc1. The van der Waals surface area contributed by atoms with Gasteiger partial charge in [0.2, 0.25) is 11.8 Å². The Morgan fingerprint density at radius 3 is 2.00 bits per heavy atom. The fraction of sp³-hybridized carbons (Fsp3) is 0.0909. The van der Waals surface area contributed by atoms with Crippen molar-refractivity contribution in [3.63, 3.8) is 0 Å². The predicted octanol–water partition coefficient (Wildman–Crippen LogP) is 5.26. The average Bonchev–Trinajstić information content (AvgIpc) is 2.69. The molecule has 0 aliphatic carbocycles. The lowest BCUT2D eigenvalue weighted by atomic mass is 10.1. The Labute approximate surface area is 167 Å². The van der Waals surface area contributed by atoms with Crippen molar-refractivity contribution in [3.8, 4) is 0 Å². The molecule has 0 fully saturated rings. The quantitative estimate of drug-likeness (QED) is 0.561. The number of rotatable bonds is 6. The first-order chi connectivity index (χ1) is 13.5. The van der Waals surface area contributed by atoms with Gasteiger partial charge in [-0.2, -0.15) is 0 Å². The Hall–Kier alpha value is -3.12. The van der Waals surface area contributed by atoms with Crippen molar-refractivity contribution in [1.29, 1.82) is 0 Å². The molecule has 3 rings (SSSR count). The maximum atomic E-state index is 13.1. The van der Waals surface area contributed by atoms with Gasteiger partial charge in [0.1, 0.15) is 11.1 Å². The number of benzene rings is 3. The van der Waals surface area contributed by atoms with Crippen molar-refractivity contribution in [1.82, 2.24) is 0 Å². The van der Waals surface area contributed by atoms with E-state index >= 15 is 0 Å². The van der Waals surface area contributed by atoms with Gasteiger partial charge in [-0.3, -0.25) is 9.59 Å². The third kappa shape index (κ3) is 5.44. The molecule has 0 aliphatic rings. The molecular weight excluding hydrogens is 375 g/mol. The van der Waals surface area contributed by atoms with E-state index in [0.29, 0.717) is 11.4 Å². The number of halogens is 1. The van der Waals surface area contributed by atoms with Crippen LogP contribution in [-0.2, 0) is 9.59 Å². The molecule has 0 radical (unpaired) electrons. The predicted molar refractivity (Wildman–Crippen MR) is 111 cm³/mol. The highest BCUT2D eigenvalue weighted by Crippen LogP contribution is 2.36. The van der Waals surface area contributed by atoms with Gasteiger partial charge in [0.25, 0.3) is 0 Å². The molecule has 2 N–H and O–H groups in total. The minimum Gasteiger partial charge on any atom is -0.326 e. The molecule has 142 valence electrons. The van der Waals surface area contributed by atoms with E-state index < -0.39 is 5.25 Å². The maximum Gasteiger partial charge on any atom is 0.242 e. The van der Waals surface area contributed by atoms with E-state index in [2.05, 4.69) is 10.6 Å². The lowest BCUT2D eigenvalue weighted by Crippen LogP contribution is -2.19. The zero-order chi connectivity index (χ0) is 19.9. The number of nitrogens with one attached hydrogen (secondary N) is 2. The monoisotopic (exact) mass is 394 g/mol. The van der Waals surface area contributed by atoms with Crippen LogP contribution in [0.1, 0.15) is 17.7 Å². The summed E-state index contributed by atoms with van der Waals surface area (Å²) in [5.41, 5.74) is 2.09. The summed E-state index contributed by atoms with van der Waals surface area (Å²) in [5, 5.41) is 5.07. The highest BCUT2D eigenvalue weighted by Gasteiger charge is 2.22. The molecular formula is C22H19FN2O2S. The number of thioether (sulfide) groups is 1. The van der Waals surface area contributed by atoms with E-state index in [1.54, 1.807) is 12.1 Å². The fourth-order valence-electron chi connectivity index (χ4n) is 2.60. The lowest BCUT2D eigenvalue weighted by Gasteiger charge is -2.17. The number of amides is 2. The van der Waals surface area contributed by atoms with Crippen molar-refractivity contribution in [2.75, 3.05) is 10.6 Å². The number of carbonyl (C=O) groups excluding carboxylic acids is 2. The molecule has 6 heteroatoms. The lowest BCUT2D eigenvalue weighted by molar-refractivity contribution is -0.116. The molecule has 4 nitrogen and oxygen atoms in total. The summed E-state index contributed by atoms with van der Waals surface area (Å²) in [6.07, 6.45) is 0. The third-order valence-electron chi connectivity index (χ3n) is 3.88. The van der Waals surface area contributed by atoms with Crippen LogP contribution in [0.2, 0.25) is 0 Å². The van der Waals surface area contributed by atoms with Crippen LogP contribution in [0.3, 0.4) is 0 Å². The first kappa shape index (κ1) is 19.6. The molecule has 0 aromatic heterocycles. The van der Waals surface area contributed by atoms with Crippen LogP contribution < -0.4 is 10.6 Å². The van der Waals surface area contributed by atoms with Gasteiger partial charge in [0, 0.05) is 23.2 Å². The number of hydrogen-bond donors (Lipinski definition) is 2. The Bertz CT molecular complexity index is 945. The van der Waals surface area contributed by atoms with Crippen LogP contribution in [0.15, 0.2) is 83.8 Å². The molecule has 2 amide bonds. The molecule has 0 heterocycles. The second-order valence-electron chi connectivity index (χ2n) is 6.11. The molecule has 3 aromatic rings. The van der Waals surface area contributed by atoms with Crippen molar-refractivity contribution >= 4 is 35.0 Å². The van der Waals surface area contributed by atoms with Gasteiger partial charge in [-0.05, 0) is 54.1 Å². The molecule has 1 unspecified atom stereocenters. The second kappa shape index (κ2) is 9.19. The van der Waals surface area contributed by atoms with Crippen molar-refractivity contribution in [3.05, 3.63) is 90.2 Å². The summed E-state index contributed by atoms with van der Waals surface area (Å²) in [7, 11) is 0. The highest BCUT2D eigenvalue weighted by atomic mass is 32.2. The Balaban J connectivity index is 1.80. The van der Waals surface area contributed by atoms with Crippen LogP contribution in [0.5, 0.6) is 0 Å². The van der Waals surface area contributed by atoms with E-state index in [0.717, 1.165) is 10.5 Å². The molecule has 0 saturated carbocycles. The van der Waals surface area contributed by atoms with Crippen LogP contribution in [0.4, 0.5) is 15.8 Å². The Kier molecular flexibility index (Phi) is 6.45. The zero-order valence-corrected chi connectivity index (χ0v) is 16.0. The van der Waals surface area contributed by atoms with Crippen LogP contribution in [-0.4, -0.2) is 11.8 Å². The van der Waals surface area contributed by atoms with E-state index in [9.17, 15) is 14.0 Å². The largest absolute Gasteiger partial charge is 0.326 e. The number of carbonyl (C=O) groups is 2.